The second-order valence-electron chi connectivity index (χ2n) is 4.84. The summed E-state index contributed by atoms with van der Waals surface area (Å²) in [6, 6.07) is 1.83. The zero-order chi connectivity index (χ0) is 14.8. The summed E-state index contributed by atoms with van der Waals surface area (Å²) in [5.74, 6) is 0. The smallest absolute Gasteiger partial charge is 0.273 e. The largest absolute Gasteiger partial charge is 0.346 e. The number of aromatic nitrogens is 4. The molecule has 3 aromatic rings. The molecule has 0 aliphatic carbocycles. The molecule has 0 aromatic carbocycles. The van der Waals surface area contributed by atoms with Crippen molar-refractivity contribution >= 4 is 34.8 Å². The molecule has 3 heterocycles. The van der Waals surface area contributed by atoms with Crippen LogP contribution in [0.25, 0.3) is 23.2 Å². The van der Waals surface area contributed by atoms with Crippen molar-refractivity contribution in [1.82, 2.24) is 19.9 Å². The molecule has 0 unspecified atom stereocenters. The van der Waals surface area contributed by atoms with Crippen molar-refractivity contribution in [3.63, 3.8) is 0 Å². The molecule has 0 atom stereocenters. The lowest BCUT2D eigenvalue weighted by Gasteiger charge is -1.91. The van der Waals surface area contributed by atoms with E-state index < -0.39 is 0 Å². The standard InChI is InChI=1S/C15H15ClN4O/c1-2-3-4-13-19-12(15(21)20-13)5-9-7-17-14-11(9)6-10(16)8-18-14/h4-8,19H,2-3H2,1H3,(H,17,18)(H,20,21). The molecule has 0 amide bonds. The second-order valence-corrected chi connectivity index (χ2v) is 5.27. The van der Waals surface area contributed by atoms with Gasteiger partial charge < -0.3 is 15.0 Å². The van der Waals surface area contributed by atoms with E-state index in [1.807, 2.05) is 18.3 Å². The summed E-state index contributed by atoms with van der Waals surface area (Å²) in [6.45, 7) is 2.09. The van der Waals surface area contributed by atoms with E-state index >= 15 is 0 Å². The number of nitrogens with zero attached hydrogens (tertiary/aromatic N) is 1. The Bertz CT molecular complexity index is 948. The molecule has 0 fully saturated rings. The van der Waals surface area contributed by atoms with Crippen LogP contribution in [0.15, 0.2) is 23.3 Å². The third-order valence-corrected chi connectivity index (χ3v) is 3.44. The lowest BCUT2D eigenvalue weighted by molar-refractivity contribution is 0.980. The molecule has 0 spiro atoms. The number of nitrogens with one attached hydrogen (secondary N) is 3. The van der Waals surface area contributed by atoms with Crippen LogP contribution in [0.3, 0.4) is 0 Å². The maximum Gasteiger partial charge on any atom is 0.273 e. The number of hydrogen-bond acceptors (Lipinski definition) is 2. The van der Waals surface area contributed by atoms with Gasteiger partial charge in [0.25, 0.3) is 5.56 Å². The highest BCUT2D eigenvalue weighted by Gasteiger charge is 2.04. The van der Waals surface area contributed by atoms with Crippen molar-refractivity contribution in [3.8, 4) is 0 Å². The highest BCUT2D eigenvalue weighted by Crippen LogP contribution is 2.20. The van der Waals surface area contributed by atoms with Crippen molar-refractivity contribution < 1.29 is 0 Å². The first-order valence-electron chi connectivity index (χ1n) is 6.80. The number of fused-ring (bicyclic) bond motifs is 1. The minimum atomic E-state index is -0.137. The number of halogens is 1. The Balaban J connectivity index is 2.14. The van der Waals surface area contributed by atoms with E-state index in [1.54, 1.807) is 12.3 Å². The molecule has 3 N–H and O–H groups in total. The summed E-state index contributed by atoms with van der Waals surface area (Å²) >= 11 is 5.97. The zero-order valence-corrected chi connectivity index (χ0v) is 12.3. The normalized spacial score (nSPS) is 13.4. The van der Waals surface area contributed by atoms with E-state index in [2.05, 4.69) is 26.9 Å². The Morgan fingerprint density at radius 3 is 3.05 bits per heavy atom. The van der Waals surface area contributed by atoms with Crippen LogP contribution in [0, 0.1) is 0 Å². The third kappa shape index (κ3) is 2.78. The lowest BCUT2D eigenvalue weighted by Crippen LogP contribution is -2.22. The molecular formula is C15H15ClN4O. The Labute approximate surface area is 125 Å². The van der Waals surface area contributed by atoms with Gasteiger partial charge in [0.2, 0.25) is 0 Å². The summed E-state index contributed by atoms with van der Waals surface area (Å²) in [5.41, 5.74) is 2.21. The van der Waals surface area contributed by atoms with E-state index in [0.717, 1.165) is 34.9 Å². The summed E-state index contributed by atoms with van der Waals surface area (Å²) in [5, 5.41) is 1.96. The Hall–Kier alpha value is -2.27. The van der Waals surface area contributed by atoms with Crippen molar-refractivity contribution in [1.29, 1.82) is 0 Å². The van der Waals surface area contributed by atoms with Crippen LogP contribution in [-0.4, -0.2) is 19.9 Å². The fraction of sp³-hybridized carbons (Fsp3) is 0.200. The topological polar surface area (TPSA) is 77.3 Å². The molecule has 6 heteroatoms. The molecule has 3 rings (SSSR count). The first-order valence-corrected chi connectivity index (χ1v) is 7.18. The Kier molecular flexibility index (Phi) is 3.66. The molecule has 0 radical (unpaired) electrons. The highest BCUT2D eigenvalue weighted by atomic mass is 35.5. The number of imidazole rings is 1. The molecule has 108 valence electrons. The summed E-state index contributed by atoms with van der Waals surface area (Å²) < 4.78 is 0. The average Bonchev–Trinajstić information content (AvgIpc) is 3.01. The van der Waals surface area contributed by atoms with Crippen LogP contribution in [0.2, 0.25) is 5.02 Å². The van der Waals surface area contributed by atoms with Gasteiger partial charge >= 0.3 is 0 Å². The van der Waals surface area contributed by atoms with Gasteiger partial charge in [-0.25, -0.2) is 4.98 Å². The van der Waals surface area contributed by atoms with Crippen LogP contribution < -0.4 is 16.4 Å². The van der Waals surface area contributed by atoms with E-state index in [0.29, 0.717) is 10.4 Å². The Morgan fingerprint density at radius 2 is 2.24 bits per heavy atom. The van der Waals surface area contributed by atoms with Crippen LogP contribution >= 0.6 is 11.6 Å². The average molecular weight is 303 g/mol. The first-order chi connectivity index (χ1) is 10.2. The monoisotopic (exact) mass is 302 g/mol. The van der Waals surface area contributed by atoms with Crippen molar-refractivity contribution in [2.45, 2.75) is 19.8 Å². The number of hydrogen-bond donors (Lipinski definition) is 3. The fourth-order valence-electron chi connectivity index (χ4n) is 2.19. The third-order valence-electron chi connectivity index (χ3n) is 3.23. The highest BCUT2D eigenvalue weighted by molar-refractivity contribution is 6.31. The van der Waals surface area contributed by atoms with Gasteiger partial charge in [-0.2, -0.15) is 0 Å². The van der Waals surface area contributed by atoms with Gasteiger partial charge in [-0.15, -0.1) is 0 Å². The minimum absolute atomic E-state index is 0.137. The number of unbranched alkanes of at least 4 members (excludes halogenated alkanes) is 1. The molecule has 0 aliphatic heterocycles. The maximum atomic E-state index is 11.9. The van der Waals surface area contributed by atoms with Gasteiger partial charge in [-0.05, 0) is 24.6 Å². The number of H-pyrrole nitrogens is 3. The maximum absolute atomic E-state index is 11.9. The molecule has 5 nitrogen and oxygen atoms in total. The first kappa shape index (κ1) is 13.7. The zero-order valence-electron chi connectivity index (χ0n) is 11.5. The van der Waals surface area contributed by atoms with Crippen LogP contribution in [-0.2, 0) is 0 Å². The molecule has 0 saturated heterocycles. The summed E-state index contributed by atoms with van der Waals surface area (Å²) in [6.07, 6.45) is 9.12. The number of rotatable bonds is 3. The molecule has 0 aliphatic rings. The van der Waals surface area contributed by atoms with Gasteiger partial charge in [0.1, 0.15) is 16.5 Å². The second kappa shape index (κ2) is 5.61. The molecule has 21 heavy (non-hydrogen) atoms. The minimum Gasteiger partial charge on any atom is -0.346 e. The van der Waals surface area contributed by atoms with Crippen molar-refractivity contribution in [2.24, 2.45) is 0 Å². The molecular weight excluding hydrogens is 288 g/mol. The van der Waals surface area contributed by atoms with E-state index in [-0.39, 0.29) is 5.56 Å². The molecule has 0 bridgehead atoms. The van der Waals surface area contributed by atoms with Gasteiger partial charge in [-0.3, -0.25) is 4.79 Å². The van der Waals surface area contributed by atoms with E-state index in [4.69, 9.17) is 11.6 Å². The quantitative estimate of drug-likeness (QED) is 0.688. The van der Waals surface area contributed by atoms with Gasteiger partial charge in [0.05, 0.1) is 5.02 Å². The molecule has 0 saturated carbocycles. The van der Waals surface area contributed by atoms with Crippen molar-refractivity contribution in [2.75, 3.05) is 0 Å². The van der Waals surface area contributed by atoms with E-state index in [9.17, 15) is 4.79 Å². The Morgan fingerprint density at radius 1 is 1.38 bits per heavy atom. The predicted molar refractivity (Wildman–Crippen MR) is 84.7 cm³/mol. The number of aromatic amines is 3. The van der Waals surface area contributed by atoms with Gasteiger partial charge in [0, 0.05) is 23.3 Å². The van der Waals surface area contributed by atoms with Crippen LogP contribution in [0.4, 0.5) is 0 Å². The summed E-state index contributed by atoms with van der Waals surface area (Å²) in [4.78, 5) is 25.1. The SMILES string of the molecule is CCCC=c1[nH]c(=O)c(=Cc2c[nH]c3ncc(Cl)cc23)[nH]1. The van der Waals surface area contributed by atoms with E-state index in [1.165, 1.54) is 0 Å². The molecule has 3 aromatic heterocycles. The summed E-state index contributed by atoms with van der Waals surface area (Å²) in [7, 11) is 0. The number of pyridine rings is 1. The van der Waals surface area contributed by atoms with Gasteiger partial charge in [-0.1, -0.05) is 24.9 Å². The lowest BCUT2D eigenvalue weighted by atomic mass is 10.2. The van der Waals surface area contributed by atoms with Crippen molar-refractivity contribution in [3.05, 3.63) is 50.2 Å². The fourth-order valence-corrected chi connectivity index (χ4v) is 2.35. The van der Waals surface area contributed by atoms with Crippen LogP contribution in [0.5, 0.6) is 0 Å². The predicted octanol–water partition coefficient (Wildman–Crippen LogP) is 1.64. The van der Waals surface area contributed by atoms with Crippen LogP contribution in [0.1, 0.15) is 25.3 Å². The van der Waals surface area contributed by atoms with Gasteiger partial charge in [0.15, 0.2) is 0 Å².